The van der Waals surface area contributed by atoms with Crippen molar-refractivity contribution < 1.29 is 9.85 Å². The van der Waals surface area contributed by atoms with Crippen molar-refractivity contribution in [1.82, 2.24) is 0 Å². The van der Waals surface area contributed by atoms with Gasteiger partial charge in [0.1, 0.15) is 11.8 Å². The monoisotopic (exact) mass is 277 g/mol. The number of nitro benzene ring substituents is 2. The van der Waals surface area contributed by atoms with Crippen LogP contribution in [0.5, 0.6) is 0 Å². The van der Waals surface area contributed by atoms with Crippen molar-refractivity contribution in [2.45, 2.75) is 0 Å². The van der Waals surface area contributed by atoms with Gasteiger partial charge in [-0.1, -0.05) is 6.07 Å². The van der Waals surface area contributed by atoms with E-state index in [1.165, 1.54) is 18.2 Å². The normalized spacial score (nSPS) is 10.4. The standard InChI is InChI=1S/C9H7N7O4/c10-4-6(9(11)12)14-13-5-2-1-3-7(15(17)18)8(5)16(19)20/h1-3,13H,(H3,11,12)/b14-6+. The molecule has 0 aliphatic rings. The van der Waals surface area contributed by atoms with E-state index in [1.807, 2.05) is 0 Å². The van der Waals surface area contributed by atoms with E-state index >= 15 is 0 Å². The van der Waals surface area contributed by atoms with Crippen LogP contribution in [-0.2, 0) is 0 Å². The van der Waals surface area contributed by atoms with Gasteiger partial charge in [0.15, 0.2) is 5.84 Å². The molecular formula is C9H7N7O4. The Morgan fingerprint density at radius 2 is 2.05 bits per heavy atom. The molecule has 4 N–H and O–H groups in total. The van der Waals surface area contributed by atoms with Crippen LogP contribution < -0.4 is 11.2 Å². The number of hydrazone groups is 1. The zero-order valence-electron chi connectivity index (χ0n) is 9.73. The van der Waals surface area contributed by atoms with Crippen LogP contribution in [0.1, 0.15) is 0 Å². The first kappa shape index (κ1) is 14.5. The van der Waals surface area contributed by atoms with Gasteiger partial charge in [0.2, 0.25) is 5.71 Å². The van der Waals surface area contributed by atoms with Gasteiger partial charge in [-0.25, -0.2) is 0 Å². The van der Waals surface area contributed by atoms with Gasteiger partial charge in [-0.15, -0.1) is 0 Å². The second-order valence-corrected chi connectivity index (χ2v) is 3.29. The Morgan fingerprint density at radius 1 is 1.40 bits per heavy atom. The minimum atomic E-state index is -0.949. The van der Waals surface area contributed by atoms with Gasteiger partial charge >= 0.3 is 11.4 Å². The van der Waals surface area contributed by atoms with Gasteiger partial charge in [0, 0.05) is 6.07 Å². The summed E-state index contributed by atoms with van der Waals surface area (Å²) in [5.74, 6) is -0.645. The summed E-state index contributed by atoms with van der Waals surface area (Å²) in [6.45, 7) is 0. The lowest BCUT2D eigenvalue weighted by atomic mass is 10.2. The zero-order chi connectivity index (χ0) is 15.3. The second-order valence-electron chi connectivity index (χ2n) is 3.29. The number of hydrogen-bond acceptors (Lipinski definition) is 8. The van der Waals surface area contributed by atoms with Crippen molar-refractivity contribution in [2.24, 2.45) is 10.8 Å². The maximum absolute atomic E-state index is 10.9. The lowest BCUT2D eigenvalue weighted by molar-refractivity contribution is -0.421. The van der Waals surface area contributed by atoms with Gasteiger partial charge in [-0.2, -0.15) is 10.4 Å². The summed E-state index contributed by atoms with van der Waals surface area (Å²) in [4.78, 5) is 19.7. The SMILES string of the molecule is N#C/C(=N\Nc1cccc([N+](=O)[O-])c1[N+](=O)[O-])C(=N)N. The molecule has 0 bridgehead atoms. The number of anilines is 1. The van der Waals surface area contributed by atoms with Crippen LogP contribution in [0.4, 0.5) is 17.1 Å². The van der Waals surface area contributed by atoms with Crippen molar-refractivity contribution in [2.75, 3.05) is 5.43 Å². The van der Waals surface area contributed by atoms with Crippen LogP contribution in [0.25, 0.3) is 0 Å². The molecule has 0 heterocycles. The molecule has 0 aromatic heterocycles. The highest BCUT2D eigenvalue weighted by Crippen LogP contribution is 2.34. The van der Waals surface area contributed by atoms with Crippen LogP contribution in [-0.4, -0.2) is 21.4 Å². The highest BCUT2D eigenvalue weighted by Gasteiger charge is 2.28. The molecule has 0 aliphatic carbocycles. The first-order valence-electron chi connectivity index (χ1n) is 4.88. The van der Waals surface area contributed by atoms with E-state index in [-0.39, 0.29) is 5.69 Å². The fraction of sp³-hybridized carbons (Fsp3) is 0. The number of amidine groups is 1. The molecule has 0 unspecified atom stereocenters. The second kappa shape index (κ2) is 5.87. The van der Waals surface area contributed by atoms with Gasteiger partial charge in [-0.3, -0.25) is 31.1 Å². The van der Waals surface area contributed by atoms with Crippen LogP contribution in [0.2, 0.25) is 0 Å². The molecule has 0 spiro atoms. The quantitative estimate of drug-likeness (QED) is 0.306. The Morgan fingerprint density at radius 3 is 2.50 bits per heavy atom. The van der Waals surface area contributed by atoms with Crippen molar-refractivity contribution in [1.29, 1.82) is 10.7 Å². The van der Waals surface area contributed by atoms with E-state index in [2.05, 4.69) is 10.5 Å². The number of rotatable bonds is 5. The summed E-state index contributed by atoms with van der Waals surface area (Å²) < 4.78 is 0. The Balaban J connectivity index is 3.30. The first-order chi connectivity index (χ1) is 9.38. The molecule has 102 valence electrons. The third kappa shape index (κ3) is 3.01. The lowest BCUT2D eigenvalue weighted by Crippen LogP contribution is -2.22. The fourth-order valence-electron chi connectivity index (χ4n) is 1.22. The summed E-state index contributed by atoms with van der Waals surface area (Å²) in [6, 6.07) is 4.84. The number of hydrogen-bond donors (Lipinski definition) is 3. The van der Waals surface area contributed by atoms with Crippen molar-refractivity contribution in [3.63, 3.8) is 0 Å². The fourth-order valence-corrected chi connectivity index (χ4v) is 1.22. The Labute approximate surface area is 111 Å². The van der Waals surface area contributed by atoms with Crippen molar-refractivity contribution >= 4 is 28.6 Å². The first-order valence-corrected chi connectivity index (χ1v) is 4.88. The maximum atomic E-state index is 10.9. The van der Waals surface area contributed by atoms with E-state index in [4.69, 9.17) is 16.4 Å². The largest absolute Gasteiger partial charge is 0.382 e. The number of nitriles is 1. The highest BCUT2D eigenvalue weighted by atomic mass is 16.6. The van der Waals surface area contributed by atoms with E-state index in [1.54, 1.807) is 0 Å². The van der Waals surface area contributed by atoms with Crippen LogP contribution in [0.3, 0.4) is 0 Å². The van der Waals surface area contributed by atoms with Crippen molar-refractivity contribution in [3.8, 4) is 6.07 Å². The third-order valence-electron chi connectivity index (χ3n) is 2.04. The molecule has 0 aliphatic heterocycles. The molecule has 20 heavy (non-hydrogen) atoms. The minimum absolute atomic E-state index is 0.293. The number of benzene rings is 1. The molecule has 11 nitrogen and oxygen atoms in total. The van der Waals surface area contributed by atoms with Crippen molar-refractivity contribution in [3.05, 3.63) is 38.4 Å². The van der Waals surface area contributed by atoms with Gasteiger partial charge in [-0.05, 0) is 6.07 Å². The summed E-state index contributed by atoms with van der Waals surface area (Å²) in [5.41, 5.74) is 4.83. The molecule has 0 radical (unpaired) electrons. The van der Waals surface area contributed by atoms with Crippen LogP contribution >= 0.6 is 0 Å². The van der Waals surface area contributed by atoms with Crippen LogP contribution in [0, 0.1) is 37.0 Å². The molecule has 0 saturated carbocycles. The number of nitrogens with zero attached hydrogens (tertiary/aromatic N) is 4. The topological polar surface area (TPSA) is 184 Å². The zero-order valence-corrected chi connectivity index (χ0v) is 9.73. The summed E-state index contributed by atoms with van der Waals surface area (Å²) in [5, 5.41) is 40.6. The Bertz CT molecular complexity index is 661. The smallest absolute Gasteiger partial charge is 0.370 e. The molecule has 0 saturated heterocycles. The van der Waals surface area contributed by atoms with E-state index < -0.39 is 32.8 Å². The molecular weight excluding hydrogens is 270 g/mol. The predicted molar refractivity (Wildman–Crippen MR) is 68.3 cm³/mol. The number of nitro groups is 2. The Kier molecular flexibility index (Phi) is 4.26. The van der Waals surface area contributed by atoms with Crippen LogP contribution in [0.15, 0.2) is 23.3 Å². The maximum Gasteiger partial charge on any atom is 0.370 e. The average molecular weight is 277 g/mol. The average Bonchev–Trinajstić information content (AvgIpc) is 2.38. The lowest BCUT2D eigenvalue weighted by Gasteiger charge is -2.02. The summed E-state index contributed by atoms with van der Waals surface area (Å²) >= 11 is 0. The summed E-state index contributed by atoms with van der Waals surface area (Å²) in [7, 11) is 0. The summed E-state index contributed by atoms with van der Waals surface area (Å²) in [6.07, 6.45) is 0. The molecule has 1 aromatic rings. The number of para-hydroxylation sites is 1. The van der Waals surface area contributed by atoms with E-state index in [0.29, 0.717) is 0 Å². The number of nitrogens with one attached hydrogen (secondary N) is 2. The molecule has 1 aromatic carbocycles. The molecule has 0 fully saturated rings. The Hall–Kier alpha value is -3.55. The molecule has 11 heteroatoms. The molecule has 1 rings (SSSR count). The highest BCUT2D eigenvalue weighted by molar-refractivity contribution is 6.45. The van der Waals surface area contributed by atoms with E-state index in [9.17, 15) is 20.2 Å². The third-order valence-corrected chi connectivity index (χ3v) is 2.04. The number of nitrogens with two attached hydrogens (primary N) is 1. The molecule has 0 atom stereocenters. The molecule has 0 amide bonds. The van der Waals surface area contributed by atoms with E-state index in [0.717, 1.165) is 6.07 Å². The van der Waals surface area contributed by atoms with Gasteiger partial charge in [0.05, 0.1) is 9.85 Å². The van der Waals surface area contributed by atoms with Gasteiger partial charge < -0.3 is 5.73 Å². The predicted octanol–water partition coefficient (Wildman–Crippen LogP) is 0.730. The van der Waals surface area contributed by atoms with Gasteiger partial charge in [0.25, 0.3) is 0 Å². The minimum Gasteiger partial charge on any atom is -0.382 e.